The van der Waals surface area contributed by atoms with Gasteiger partial charge in [0.2, 0.25) is 0 Å². The smallest absolute Gasteiger partial charge is 0.123 e. The number of halogens is 1. The van der Waals surface area contributed by atoms with Crippen molar-refractivity contribution in [1.29, 1.82) is 0 Å². The number of hydrogen-bond donors (Lipinski definition) is 3. The molecule has 0 saturated carbocycles. The van der Waals surface area contributed by atoms with Gasteiger partial charge >= 0.3 is 0 Å². The van der Waals surface area contributed by atoms with Crippen LogP contribution in [0.5, 0.6) is 0 Å². The highest BCUT2D eigenvalue weighted by molar-refractivity contribution is 5.77. The predicted octanol–water partition coefficient (Wildman–Crippen LogP) is 3.62. The molecule has 0 aliphatic carbocycles. The second kappa shape index (κ2) is 8.90. The maximum atomic E-state index is 13.2. The van der Waals surface area contributed by atoms with Crippen LogP contribution in [0.25, 0.3) is 17.2 Å². The lowest BCUT2D eigenvalue weighted by Gasteiger charge is -2.14. The van der Waals surface area contributed by atoms with Gasteiger partial charge < -0.3 is 15.3 Å². The van der Waals surface area contributed by atoms with Crippen LogP contribution in [0.3, 0.4) is 0 Å². The zero-order chi connectivity index (χ0) is 18.4. The van der Waals surface area contributed by atoms with Crippen LogP contribution in [0.1, 0.15) is 29.5 Å². The van der Waals surface area contributed by atoms with Crippen molar-refractivity contribution in [3.8, 4) is 11.1 Å². The number of hydrogen-bond acceptors (Lipinski definition) is 3. The summed E-state index contributed by atoms with van der Waals surface area (Å²) in [6, 6.07) is 10.4. The molecular formula is C21H25FO3. The van der Waals surface area contributed by atoms with Crippen molar-refractivity contribution in [2.24, 2.45) is 0 Å². The fourth-order valence-corrected chi connectivity index (χ4v) is 2.90. The molecule has 0 aliphatic rings. The molecule has 0 heterocycles. The lowest BCUT2D eigenvalue weighted by molar-refractivity contribution is 0.0827. The van der Waals surface area contributed by atoms with E-state index in [1.807, 2.05) is 26.0 Å². The first-order valence-corrected chi connectivity index (χ1v) is 8.43. The maximum Gasteiger partial charge on any atom is 0.123 e. The van der Waals surface area contributed by atoms with Crippen molar-refractivity contribution in [3.63, 3.8) is 0 Å². The Morgan fingerprint density at radius 2 is 1.76 bits per heavy atom. The molecule has 2 aromatic carbocycles. The molecule has 2 aromatic rings. The van der Waals surface area contributed by atoms with Crippen molar-refractivity contribution in [2.75, 3.05) is 6.61 Å². The molecule has 0 radical (unpaired) electrons. The van der Waals surface area contributed by atoms with Crippen molar-refractivity contribution in [1.82, 2.24) is 0 Å². The van der Waals surface area contributed by atoms with Gasteiger partial charge in [-0.25, -0.2) is 4.39 Å². The molecule has 3 nitrogen and oxygen atoms in total. The molecule has 2 atom stereocenters. The second-order valence-electron chi connectivity index (χ2n) is 6.38. The van der Waals surface area contributed by atoms with Gasteiger partial charge in [-0.2, -0.15) is 0 Å². The van der Waals surface area contributed by atoms with Gasteiger partial charge in [0, 0.05) is 13.0 Å². The minimum absolute atomic E-state index is 0.108. The van der Waals surface area contributed by atoms with E-state index >= 15 is 0 Å². The van der Waals surface area contributed by atoms with E-state index in [4.69, 9.17) is 5.11 Å². The summed E-state index contributed by atoms with van der Waals surface area (Å²) in [6.07, 6.45) is 2.36. The van der Waals surface area contributed by atoms with Gasteiger partial charge in [-0.05, 0) is 54.7 Å². The average Bonchev–Trinajstić information content (AvgIpc) is 2.54. The summed E-state index contributed by atoms with van der Waals surface area (Å²) in [5.41, 5.74) is 4.99. The number of aliphatic hydroxyl groups is 3. The van der Waals surface area contributed by atoms with E-state index in [1.54, 1.807) is 18.2 Å². The summed E-state index contributed by atoms with van der Waals surface area (Å²) in [4.78, 5) is 0. The van der Waals surface area contributed by atoms with Gasteiger partial charge in [-0.3, -0.25) is 0 Å². The molecule has 2 rings (SSSR count). The standard InChI is InChI=1S/C21H25FO3/c1-14-11-15(2)20(8-7-18(24)13-19(25)9-10-23)21(12-14)16-3-5-17(22)6-4-16/h3-8,11-12,18-19,23-25H,9-10,13H2,1-2H3/t18-,19+/m1/s1. The quantitative estimate of drug-likeness (QED) is 0.719. The minimum atomic E-state index is -0.802. The molecule has 0 amide bonds. The monoisotopic (exact) mass is 344 g/mol. The van der Waals surface area contributed by atoms with Crippen molar-refractivity contribution < 1.29 is 19.7 Å². The lowest BCUT2D eigenvalue weighted by atomic mass is 9.93. The Kier molecular flexibility index (Phi) is 6.88. The first kappa shape index (κ1) is 19.3. The summed E-state index contributed by atoms with van der Waals surface area (Å²) >= 11 is 0. The Bertz CT molecular complexity index is 723. The molecule has 0 aromatic heterocycles. The van der Waals surface area contributed by atoms with Crippen LogP contribution in [0.15, 0.2) is 42.5 Å². The number of benzene rings is 2. The highest BCUT2D eigenvalue weighted by Crippen LogP contribution is 2.29. The third-order valence-electron chi connectivity index (χ3n) is 4.15. The summed E-state index contributed by atoms with van der Waals surface area (Å²) in [6.45, 7) is 3.89. The van der Waals surface area contributed by atoms with E-state index in [-0.39, 0.29) is 25.3 Å². The number of rotatable bonds is 7. The van der Waals surface area contributed by atoms with Gasteiger partial charge in [0.05, 0.1) is 12.2 Å². The highest BCUT2D eigenvalue weighted by atomic mass is 19.1. The summed E-state index contributed by atoms with van der Waals surface area (Å²) in [5.74, 6) is -0.279. The van der Waals surface area contributed by atoms with Gasteiger partial charge in [-0.1, -0.05) is 42.0 Å². The van der Waals surface area contributed by atoms with Crippen LogP contribution >= 0.6 is 0 Å². The van der Waals surface area contributed by atoms with E-state index in [2.05, 4.69) is 6.07 Å². The summed E-state index contributed by atoms with van der Waals surface area (Å²) < 4.78 is 13.2. The fraction of sp³-hybridized carbons (Fsp3) is 0.333. The van der Waals surface area contributed by atoms with Crippen molar-refractivity contribution in [3.05, 3.63) is 65.0 Å². The topological polar surface area (TPSA) is 60.7 Å². The van der Waals surface area contributed by atoms with Crippen LogP contribution in [0.4, 0.5) is 4.39 Å². The van der Waals surface area contributed by atoms with Crippen LogP contribution in [0.2, 0.25) is 0 Å². The Hall–Kier alpha value is -2.01. The zero-order valence-corrected chi connectivity index (χ0v) is 14.6. The molecule has 0 aliphatic heterocycles. The van der Waals surface area contributed by atoms with Gasteiger partial charge in [0.25, 0.3) is 0 Å². The van der Waals surface area contributed by atoms with Crippen LogP contribution in [0, 0.1) is 19.7 Å². The Morgan fingerprint density at radius 1 is 1.08 bits per heavy atom. The van der Waals surface area contributed by atoms with E-state index in [0.717, 1.165) is 27.8 Å². The maximum absolute atomic E-state index is 13.2. The molecule has 4 heteroatoms. The first-order valence-electron chi connectivity index (χ1n) is 8.43. The van der Waals surface area contributed by atoms with Gasteiger partial charge in [0.15, 0.2) is 0 Å². The summed E-state index contributed by atoms with van der Waals surface area (Å²) in [5, 5.41) is 28.6. The molecule has 3 N–H and O–H groups in total. The van der Waals surface area contributed by atoms with E-state index in [1.165, 1.54) is 12.1 Å². The number of aryl methyl sites for hydroxylation is 2. The average molecular weight is 344 g/mol. The third kappa shape index (κ3) is 5.49. The van der Waals surface area contributed by atoms with Crippen LogP contribution < -0.4 is 0 Å². The Morgan fingerprint density at radius 3 is 2.40 bits per heavy atom. The van der Waals surface area contributed by atoms with E-state index < -0.39 is 12.2 Å². The van der Waals surface area contributed by atoms with Crippen molar-refractivity contribution in [2.45, 2.75) is 38.9 Å². The third-order valence-corrected chi connectivity index (χ3v) is 4.15. The SMILES string of the molecule is Cc1cc(C)c(C=C[C@@H](O)C[C@@H](O)CCO)c(-c2ccc(F)cc2)c1. The second-order valence-corrected chi connectivity index (χ2v) is 6.38. The number of aliphatic hydroxyl groups excluding tert-OH is 3. The molecule has 25 heavy (non-hydrogen) atoms. The normalized spacial score (nSPS) is 14.0. The first-order chi connectivity index (χ1) is 11.9. The van der Waals surface area contributed by atoms with Gasteiger partial charge in [0.1, 0.15) is 5.82 Å². The van der Waals surface area contributed by atoms with Gasteiger partial charge in [-0.15, -0.1) is 0 Å². The Balaban J connectivity index is 2.30. The molecular weight excluding hydrogens is 319 g/mol. The Labute approximate surface area is 148 Å². The van der Waals surface area contributed by atoms with Crippen LogP contribution in [-0.2, 0) is 0 Å². The molecule has 0 bridgehead atoms. The summed E-state index contributed by atoms with van der Waals surface area (Å²) in [7, 11) is 0. The zero-order valence-electron chi connectivity index (χ0n) is 14.6. The fourth-order valence-electron chi connectivity index (χ4n) is 2.90. The molecule has 0 saturated heterocycles. The highest BCUT2D eigenvalue weighted by Gasteiger charge is 2.11. The van der Waals surface area contributed by atoms with E-state index in [9.17, 15) is 14.6 Å². The molecule has 0 fully saturated rings. The van der Waals surface area contributed by atoms with E-state index in [0.29, 0.717) is 0 Å². The van der Waals surface area contributed by atoms with Crippen LogP contribution in [-0.4, -0.2) is 34.1 Å². The predicted molar refractivity (Wildman–Crippen MR) is 98.7 cm³/mol. The molecule has 0 spiro atoms. The molecule has 134 valence electrons. The minimum Gasteiger partial charge on any atom is -0.396 e. The molecule has 0 unspecified atom stereocenters. The lowest BCUT2D eigenvalue weighted by Crippen LogP contribution is -2.16. The largest absolute Gasteiger partial charge is 0.396 e. The van der Waals surface area contributed by atoms with Crippen molar-refractivity contribution >= 4 is 6.08 Å².